The highest BCUT2D eigenvalue weighted by Crippen LogP contribution is 2.22. The Labute approximate surface area is 161 Å². The van der Waals surface area contributed by atoms with E-state index in [1.807, 2.05) is 0 Å². The lowest BCUT2D eigenvalue weighted by Gasteiger charge is -2.25. The monoisotopic (exact) mass is 357 g/mol. The van der Waals surface area contributed by atoms with Gasteiger partial charge in [-0.15, -0.1) is 0 Å². The highest BCUT2D eigenvalue weighted by atomic mass is 16.5. The summed E-state index contributed by atoms with van der Waals surface area (Å²) in [5.74, 6) is 0.709. The van der Waals surface area contributed by atoms with Crippen LogP contribution in [-0.4, -0.2) is 37.7 Å². The first-order valence-corrected chi connectivity index (χ1v) is 10.9. The third-order valence-electron chi connectivity index (χ3n) is 5.51. The zero-order chi connectivity index (χ0) is 18.3. The molecule has 0 radical (unpaired) electrons. The van der Waals surface area contributed by atoms with Crippen molar-refractivity contribution in [3.05, 3.63) is 48.0 Å². The number of ether oxygens (including phenoxy) is 1. The van der Waals surface area contributed by atoms with Gasteiger partial charge in [-0.05, 0) is 30.7 Å². The maximum Gasteiger partial charge on any atom is 0.0594 e. The second-order valence-electron chi connectivity index (χ2n) is 7.75. The second-order valence-corrected chi connectivity index (χ2v) is 7.75. The number of hydrogen-bond donors (Lipinski definition) is 0. The number of allylic oxidation sites excluding steroid dienone is 1. The van der Waals surface area contributed by atoms with Crippen LogP contribution in [0, 0.1) is 0 Å². The lowest BCUT2D eigenvalue weighted by atomic mass is 9.95. The molecule has 2 nitrogen and oxygen atoms in total. The number of nitrogens with zero attached hydrogens (tertiary/aromatic N) is 1. The molecule has 0 aromatic heterocycles. The fourth-order valence-corrected chi connectivity index (χ4v) is 3.67. The van der Waals surface area contributed by atoms with Crippen LogP contribution in [0.5, 0.6) is 0 Å². The largest absolute Gasteiger partial charge is 0.379 e. The smallest absolute Gasteiger partial charge is 0.0594 e. The Morgan fingerprint density at radius 2 is 1.54 bits per heavy atom. The molecule has 1 heterocycles. The van der Waals surface area contributed by atoms with Gasteiger partial charge in [-0.3, -0.25) is 4.90 Å². The summed E-state index contributed by atoms with van der Waals surface area (Å²) in [6.07, 6.45) is 17.1. The Morgan fingerprint density at radius 3 is 2.27 bits per heavy atom. The molecule has 1 aromatic carbocycles. The third kappa shape index (κ3) is 9.54. The summed E-state index contributed by atoms with van der Waals surface area (Å²) >= 11 is 0. The van der Waals surface area contributed by atoms with Gasteiger partial charge in [0.15, 0.2) is 0 Å². The summed E-state index contributed by atoms with van der Waals surface area (Å²) in [6.45, 7) is 7.45. The van der Waals surface area contributed by atoms with E-state index in [1.54, 1.807) is 0 Å². The summed E-state index contributed by atoms with van der Waals surface area (Å²) < 4.78 is 5.37. The molecule has 146 valence electrons. The Hall–Kier alpha value is -1.12. The fraction of sp³-hybridized carbons (Fsp3) is 0.667. The molecule has 0 bridgehead atoms. The van der Waals surface area contributed by atoms with Gasteiger partial charge in [-0.25, -0.2) is 0 Å². The SMILES string of the molecule is CC(CCCCCCCCC/C=C/CN1CCOCC1)c1ccccc1. The van der Waals surface area contributed by atoms with Crippen LogP contribution in [0.1, 0.15) is 76.2 Å². The van der Waals surface area contributed by atoms with Crippen LogP contribution in [0.2, 0.25) is 0 Å². The molecule has 1 fully saturated rings. The van der Waals surface area contributed by atoms with E-state index < -0.39 is 0 Å². The average molecular weight is 358 g/mol. The molecule has 0 spiro atoms. The predicted molar refractivity (Wildman–Crippen MR) is 113 cm³/mol. The van der Waals surface area contributed by atoms with Gasteiger partial charge >= 0.3 is 0 Å². The summed E-state index contributed by atoms with van der Waals surface area (Å²) in [5.41, 5.74) is 1.49. The van der Waals surface area contributed by atoms with Gasteiger partial charge in [-0.2, -0.15) is 0 Å². The minimum Gasteiger partial charge on any atom is -0.379 e. The van der Waals surface area contributed by atoms with E-state index in [-0.39, 0.29) is 0 Å². The van der Waals surface area contributed by atoms with E-state index in [1.165, 1.54) is 63.4 Å². The van der Waals surface area contributed by atoms with Crippen molar-refractivity contribution in [3.63, 3.8) is 0 Å². The molecule has 1 aromatic rings. The first kappa shape index (κ1) is 21.2. The van der Waals surface area contributed by atoms with E-state index in [4.69, 9.17) is 4.74 Å². The maximum absolute atomic E-state index is 5.37. The lowest BCUT2D eigenvalue weighted by molar-refractivity contribution is 0.0434. The Bertz CT molecular complexity index is 464. The van der Waals surface area contributed by atoms with E-state index in [0.29, 0.717) is 5.92 Å². The van der Waals surface area contributed by atoms with E-state index in [9.17, 15) is 0 Å². The van der Waals surface area contributed by atoms with Crippen LogP contribution in [0.3, 0.4) is 0 Å². The minimum atomic E-state index is 0.709. The van der Waals surface area contributed by atoms with Gasteiger partial charge in [0.05, 0.1) is 13.2 Å². The molecule has 2 heteroatoms. The zero-order valence-electron chi connectivity index (χ0n) is 16.9. The van der Waals surface area contributed by atoms with Crippen LogP contribution >= 0.6 is 0 Å². The molecule has 1 aliphatic rings. The van der Waals surface area contributed by atoms with Crippen LogP contribution < -0.4 is 0 Å². The maximum atomic E-state index is 5.37. The molecule has 1 atom stereocenters. The molecule has 26 heavy (non-hydrogen) atoms. The van der Waals surface area contributed by atoms with Crippen molar-refractivity contribution in [2.24, 2.45) is 0 Å². The number of unbranched alkanes of at least 4 members (excludes halogenated alkanes) is 7. The fourth-order valence-electron chi connectivity index (χ4n) is 3.67. The van der Waals surface area contributed by atoms with Crippen molar-refractivity contribution in [3.8, 4) is 0 Å². The molecule has 2 rings (SSSR count). The molecule has 1 unspecified atom stereocenters. The van der Waals surface area contributed by atoms with Crippen LogP contribution in [0.15, 0.2) is 42.5 Å². The normalized spacial score (nSPS) is 17.0. The first-order chi connectivity index (χ1) is 12.9. The second kappa shape index (κ2) is 14.0. The van der Waals surface area contributed by atoms with E-state index >= 15 is 0 Å². The van der Waals surface area contributed by atoms with Gasteiger partial charge in [0.2, 0.25) is 0 Å². The van der Waals surface area contributed by atoms with Crippen molar-refractivity contribution in [1.29, 1.82) is 0 Å². The Kier molecular flexibility index (Phi) is 11.4. The molecule has 0 amide bonds. The van der Waals surface area contributed by atoms with Gasteiger partial charge in [0.25, 0.3) is 0 Å². The topological polar surface area (TPSA) is 12.5 Å². The molecular formula is C24H39NO. The number of rotatable bonds is 13. The predicted octanol–water partition coefficient (Wildman–Crippen LogP) is 6.19. The highest BCUT2D eigenvalue weighted by Gasteiger charge is 2.07. The number of hydrogen-bond acceptors (Lipinski definition) is 2. The quantitative estimate of drug-likeness (QED) is 0.308. The van der Waals surface area contributed by atoms with Gasteiger partial charge in [0, 0.05) is 19.6 Å². The van der Waals surface area contributed by atoms with E-state index in [2.05, 4.69) is 54.3 Å². The van der Waals surface area contributed by atoms with Gasteiger partial charge < -0.3 is 4.74 Å². The third-order valence-corrected chi connectivity index (χ3v) is 5.51. The average Bonchev–Trinajstić information content (AvgIpc) is 2.70. The van der Waals surface area contributed by atoms with Crippen molar-refractivity contribution >= 4 is 0 Å². The van der Waals surface area contributed by atoms with E-state index in [0.717, 1.165) is 32.8 Å². The molecular weight excluding hydrogens is 318 g/mol. The molecule has 1 saturated heterocycles. The van der Waals surface area contributed by atoms with Crippen molar-refractivity contribution in [2.45, 2.75) is 70.6 Å². The summed E-state index contributed by atoms with van der Waals surface area (Å²) in [4.78, 5) is 2.47. The minimum absolute atomic E-state index is 0.709. The summed E-state index contributed by atoms with van der Waals surface area (Å²) in [5, 5.41) is 0. The van der Waals surface area contributed by atoms with Crippen molar-refractivity contribution < 1.29 is 4.74 Å². The van der Waals surface area contributed by atoms with Gasteiger partial charge in [0.1, 0.15) is 0 Å². The lowest BCUT2D eigenvalue weighted by Crippen LogP contribution is -2.36. The van der Waals surface area contributed by atoms with Crippen LogP contribution in [0.25, 0.3) is 0 Å². The van der Waals surface area contributed by atoms with Crippen molar-refractivity contribution in [1.82, 2.24) is 4.90 Å². The van der Waals surface area contributed by atoms with Gasteiger partial charge in [-0.1, -0.05) is 87.9 Å². The first-order valence-electron chi connectivity index (χ1n) is 10.9. The number of morpholine rings is 1. The standard InChI is InChI=1S/C24H39NO/c1-23(24-16-12-10-13-17-24)15-11-8-6-4-2-3-5-7-9-14-18-25-19-21-26-22-20-25/h9-10,12-14,16-17,23H,2-8,11,15,18-22H2,1H3/b14-9+. The highest BCUT2D eigenvalue weighted by molar-refractivity contribution is 5.18. The van der Waals surface area contributed by atoms with Crippen LogP contribution in [-0.2, 0) is 4.74 Å². The summed E-state index contributed by atoms with van der Waals surface area (Å²) in [7, 11) is 0. The van der Waals surface area contributed by atoms with Crippen molar-refractivity contribution in [2.75, 3.05) is 32.8 Å². The molecule has 0 aliphatic carbocycles. The summed E-state index contributed by atoms with van der Waals surface area (Å²) in [6, 6.07) is 10.9. The number of benzene rings is 1. The molecule has 1 aliphatic heterocycles. The Morgan fingerprint density at radius 1 is 0.885 bits per heavy atom. The zero-order valence-corrected chi connectivity index (χ0v) is 16.9. The molecule has 0 N–H and O–H groups in total. The Balaban J connectivity index is 1.35. The van der Waals surface area contributed by atoms with Crippen LogP contribution in [0.4, 0.5) is 0 Å². The molecule has 0 saturated carbocycles.